The summed E-state index contributed by atoms with van der Waals surface area (Å²) in [7, 11) is -4.67. The van der Waals surface area contributed by atoms with E-state index < -0.39 is 10.4 Å². The highest BCUT2D eigenvalue weighted by Gasteiger charge is 2.15. The fourth-order valence-electron chi connectivity index (χ4n) is 2.03. The lowest BCUT2D eigenvalue weighted by molar-refractivity contribution is 0.184. The molecule has 9 nitrogen and oxygen atoms in total. The molecule has 2 N–H and O–H groups in total. The van der Waals surface area contributed by atoms with Crippen LogP contribution in [0.15, 0.2) is 30.9 Å². The Morgan fingerprint density at radius 3 is 2.25 bits per heavy atom. The van der Waals surface area contributed by atoms with Gasteiger partial charge in [0.2, 0.25) is 0 Å². The van der Waals surface area contributed by atoms with E-state index in [1.165, 1.54) is 10.9 Å². The summed E-state index contributed by atoms with van der Waals surface area (Å²) >= 11 is 18.0. The van der Waals surface area contributed by atoms with E-state index in [1.807, 2.05) is 6.92 Å². The van der Waals surface area contributed by atoms with Crippen molar-refractivity contribution in [3.63, 3.8) is 0 Å². The smallest absolute Gasteiger partial charge is 0.394 e. The van der Waals surface area contributed by atoms with Crippen LogP contribution in [0.25, 0.3) is 0 Å². The highest BCUT2D eigenvalue weighted by molar-refractivity contribution is 7.79. The van der Waals surface area contributed by atoms with Crippen LogP contribution in [-0.2, 0) is 10.4 Å². The van der Waals surface area contributed by atoms with Gasteiger partial charge in [0.15, 0.2) is 5.75 Å². The van der Waals surface area contributed by atoms with Crippen molar-refractivity contribution in [3.05, 3.63) is 45.9 Å². The predicted octanol–water partition coefficient (Wildman–Crippen LogP) is 3.95. The van der Waals surface area contributed by atoms with Crippen LogP contribution >= 0.6 is 34.8 Å². The van der Waals surface area contributed by atoms with Crippen LogP contribution in [0.5, 0.6) is 5.75 Å². The Morgan fingerprint density at radius 2 is 1.79 bits per heavy atom. The second kappa shape index (κ2) is 11.4. The minimum Gasteiger partial charge on any atom is -0.489 e. The third kappa shape index (κ3) is 9.09. The molecular weight excluding hydrogens is 457 g/mol. The number of halogens is 3. The number of aromatic nitrogens is 2. The molecule has 0 spiro atoms. The number of imidazole rings is 1. The number of carbonyl (C=O) groups excluding carboxylic acids is 1. The molecule has 0 atom stereocenters. The summed E-state index contributed by atoms with van der Waals surface area (Å²) in [4.78, 5) is 17.9. The first-order chi connectivity index (χ1) is 13.0. The molecule has 0 fully saturated rings. The van der Waals surface area contributed by atoms with E-state index in [0.717, 1.165) is 6.42 Å². The number of hydrogen-bond acceptors (Lipinski definition) is 5. The molecule has 0 bridgehead atoms. The van der Waals surface area contributed by atoms with Crippen LogP contribution in [-0.4, -0.2) is 57.7 Å². The van der Waals surface area contributed by atoms with E-state index in [2.05, 4.69) is 4.98 Å². The zero-order valence-electron chi connectivity index (χ0n) is 14.6. The van der Waals surface area contributed by atoms with Crippen molar-refractivity contribution >= 4 is 51.2 Å². The Labute approximate surface area is 177 Å². The summed E-state index contributed by atoms with van der Waals surface area (Å²) in [5.41, 5.74) is 0. The lowest BCUT2D eigenvalue weighted by Crippen LogP contribution is -2.37. The van der Waals surface area contributed by atoms with Crippen LogP contribution in [0.3, 0.4) is 0 Å². The van der Waals surface area contributed by atoms with Gasteiger partial charge in [-0.25, -0.2) is 9.78 Å². The van der Waals surface area contributed by atoms with Gasteiger partial charge in [-0.05, 0) is 18.6 Å². The van der Waals surface area contributed by atoms with E-state index in [4.69, 9.17) is 57.1 Å². The van der Waals surface area contributed by atoms with Gasteiger partial charge in [-0.3, -0.25) is 13.7 Å². The first-order valence-corrected chi connectivity index (χ1v) is 10.3. The largest absolute Gasteiger partial charge is 0.489 e. The Hall–Kier alpha value is -1.56. The van der Waals surface area contributed by atoms with Crippen LogP contribution < -0.4 is 4.74 Å². The average Bonchev–Trinajstić information content (AvgIpc) is 3.08. The van der Waals surface area contributed by atoms with Gasteiger partial charge in [0, 0.05) is 24.0 Å². The first kappa shape index (κ1) is 24.5. The van der Waals surface area contributed by atoms with Gasteiger partial charge in [-0.15, -0.1) is 0 Å². The zero-order valence-corrected chi connectivity index (χ0v) is 17.7. The maximum atomic E-state index is 12.3. The Morgan fingerprint density at radius 1 is 1.21 bits per heavy atom. The van der Waals surface area contributed by atoms with E-state index in [1.54, 1.807) is 29.4 Å². The minimum atomic E-state index is -4.67. The van der Waals surface area contributed by atoms with E-state index >= 15 is 0 Å². The average molecular weight is 475 g/mol. The van der Waals surface area contributed by atoms with Crippen molar-refractivity contribution in [2.45, 2.75) is 13.3 Å². The van der Waals surface area contributed by atoms with Crippen molar-refractivity contribution < 1.29 is 27.1 Å². The zero-order chi connectivity index (χ0) is 21.3. The number of rotatable bonds is 6. The fourth-order valence-corrected chi connectivity index (χ4v) is 2.96. The van der Waals surface area contributed by atoms with Crippen molar-refractivity contribution in [3.8, 4) is 5.75 Å². The molecule has 1 aromatic carbocycles. The summed E-state index contributed by atoms with van der Waals surface area (Å²) in [5.74, 6) is 0.365. The SMILES string of the molecule is CCCN(CCOc1c(Cl)cc(Cl)cc1Cl)C(=O)n1ccnc1.O=S(=O)(O)O. The Balaban J connectivity index is 0.000000696. The maximum Gasteiger partial charge on any atom is 0.394 e. The number of ether oxygens (including phenoxy) is 1. The molecule has 0 radical (unpaired) electrons. The fraction of sp³-hybridized carbons (Fsp3) is 0.333. The molecule has 1 aromatic heterocycles. The summed E-state index contributed by atoms with van der Waals surface area (Å²) in [6.07, 6.45) is 5.48. The molecule has 1 heterocycles. The molecule has 0 saturated carbocycles. The molecule has 28 heavy (non-hydrogen) atoms. The first-order valence-electron chi connectivity index (χ1n) is 7.77. The Bertz CT molecular complexity index is 846. The molecule has 13 heteroatoms. The van der Waals surface area contributed by atoms with E-state index in [9.17, 15) is 4.79 Å². The van der Waals surface area contributed by atoms with Crippen LogP contribution in [0.4, 0.5) is 4.79 Å². The molecule has 156 valence electrons. The molecule has 0 aliphatic rings. The number of carbonyl (C=O) groups is 1. The molecule has 2 aromatic rings. The second-order valence-corrected chi connectivity index (χ2v) is 7.38. The van der Waals surface area contributed by atoms with Crippen LogP contribution in [0.1, 0.15) is 13.3 Å². The molecule has 0 aliphatic heterocycles. The van der Waals surface area contributed by atoms with Gasteiger partial charge in [0.25, 0.3) is 0 Å². The number of hydrogen-bond donors (Lipinski definition) is 2. The number of benzene rings is 1. The van der Waals surface area contributed by atoms with E-state index in [-0.39, 0.29) is 12.6 Å². The van der Waals surface area contributed by atoms with Gasteiger partial charge in [0.05, 0.1) is 16.6 Å². The monoisotopic (exact) mass is 473 g/mol. The van der Waals surface area contributed by atoms with Crippen molar-refractivity contribution in [2.24, 2.45) is 0 Å². The normalized spacial score (nSPS) is 10.8. The molecular formula is C15H18Cl3N3O6S. The van der Waals surface area contributed by atoms with Crippen molar-refractivity contribution in [1.29, 1.82) is 0 Å². The van der Waals surface area contributed by atoms with E-state index in [0.29, 0.717) is 33.9 Å². The lowest BCUT2D eigenvalue weighted by Gasteiger charge is -2.22. The minimum absolute atomic E-state index is 0.152. The molecule has 0 aliphatic carbocycles. The van der Waals surface area contributed by atoms with Gasteiger partial charge < -0.3 is 9.64 Å². The predicted molar refractivity (Wildman–Crippen MR) is 106 cm³/mol. The summed E-state index contributed by atoms with van der Waals surface area (Å²) in [5, 5.41) is 1.12. The van der Waals surface area contributed by atoms with Gasteiger partial charge in [0.1, 0.15) is 12.9 Å². The quantitative estimate of drug-likeness (QED) is 0.608. The van der Waals surface area contributed by atoms with Gasteiger partial charge in [-0.2, -0.15) is 8.42 Å². The van der Waals surface area contributed by atoms with Crippen molar-refractivity contribution in [2.75, 3.05) is 19.7 Å². The lowest BCUT2D eigenvalue weighted by atomic mass is 10.3. The summed E-state index contributed by atoms with van der Waals surface area (Å²) in [6, 6.07) is 2.97. The third-order valence-corrected chi connectivity index (χ3v) is 3.84. The van der Waals surface area contributed by atoms with Crippen LogP contribution in [0.2, 0.25) is 15.1 Å². The standard InChI is InChI=1S/C15H16Cl3N3O2.H2O4S/c1-2-4-20(15(22)21-5-3-19-10-21)6-7-23-14-12(17)8-11(16)9-13(14)18;1-5(2,3)4/h3,5,8-10H,2,4,6-7H2,1H3;(H2,1,2,3,4). The maximum absolute atomic E-state index is 12.3. The molecule has 1 amide bonds. The second-order valence-electron chi connectivity index (χ2n) is 5.23. The summed E-state index contributed by atoms with van der Waals surface area (Å²) < 4.78 is 38.6. The molecule has 2 rings (SSSR count). The third-order valence-electron chi connectivity index (χ3n) is 3.06. The highest BCUT2D eigenvalue weighted by atomic mass is 35.5. The van der Waals surface area contributed by atoms with Gasteiger partial charge >= 0.3 is 16.4 Å². The van der Waals surface area contributed by atoms with Crippen LogP contribution in [0, 0.1) is 0 Å². The number of amides is 1. The highest BCUT2D eigenvalue weighted by Crippen LogP contribution is 2.35. The molecule has 0 unspecified atom stereocenters. The van der Waals surface area contributed by atoms with Gasteiger partial charge in [-0.1, -0.05) is 41.7 Å². The Kier molecular flexibility index (Phi) is 10.0. The molecule has 0 saturated heterocycles. The summed E-state index contributed by atoms with van der Waals surface area (Å²) in [6.45, 7) is 3.28. The van der Waals surface area contributed by atoms with Crippen molar-refractivity contribution in [1.82, 2.24) is 14.5 Å². The number of nitrogens with zero attached hydrogens (tertiary/aromatic N) is 3. The topological polar surface area (TPSA) is 122 Å².